The standard InChI is InChI=1S/C15H20N4O/c1-11(16)12-5-7-13(8-6-12)20-10-15-18-17-14-4-2-3-9-19(14)15/h5-8,11H,2-4,9-10,16H2,1H3/t11-/m1/s1. The molecule has 1 atom stereocenters. The average Bonchev–Trinajstić information content (AvgIpc) is 2.89. The summed E-state index contributed by atoms with van der Waals surface area (Å²) in [5.41, 5.74) is 6.94. The van der Waals surface area contributed by atoms with Crippen molar-refractivity contribution < 1.29 is 4.74 Å². The van der Waals surface area contributed by atoms with E-state index in [0.29, 0.717) is 6.61 Å². The second-order valence-electron chi connectivity index (χ2n) is 5.29. The Labute approximate surface area is 118 Å². The van der Waals surface area contributed by atoms with Gasteiger partial charge in [0.05, 0.1) is 0 Å². The van der Waals surface area contributed by atoms with E-state index in [1.54, 1.807) is 0 Å². The molecule has 0 fully saturated rings. The fraction of sp³-hybridized carbons (Fsp3) is 0.467. The minimum Gasteiger partial charge on any atom is -0.486 e. The van der Waals surface area contributed by atoms with Crippen LogP contribution >= 0.6 is 0 Å². The van der Waals surface area contributed by atoms with E-state index in [1.165, 1.54) is 12.8 Å². The van der Waals surface area contributed by atoms with Gasteiger partial charge in [0.25, 0.3) is 0 Å². The molecule has 2 aromatic rings. The van der Waals surface area contributed by atoms with Crippen molar-refractivity contribution in [2.45, 2.75) is 45.4 Å². The van der Waals surface area contributed by atoms with Crippen LogP contribution in [0.4, 0.5) is 0 Å². The zero-order valence-electron chi connectivity index (χ0n) is 11.7. The van der Waals surface area contributed by atoms with Crippen molar-refractivity contribution in [3.63, 3.8) is 0 Å². The highest BCUT2D eigenvalue weighted by Gasteiger charge is 2.15. The van der Waals surface area contributed by atoms with Crippen LogP contribution in [0.25, 0.3) is 0 Å². The number of aryl methyl sites for hydroxylation is 1. The highest BCUT2D eigenvalue weighted by atomic mass is 16.5. The largest absolute Gasteiger partial charge is 0.486 e. The second kappa shape index (κ2) is 5.63. The molecule has 0 spiro atoms. The van der Waals surface area contributed by atoms with Gasteiger partial charge in [0.2, 0.25) is 0 Å². The molecule has 0 aliphatic carbocycles. The van der Waals surface area contributed by atoms with Crippen LogP contribution in [0.5, 0.6) is 5.75 Å². The summed E-state index contributed by atoms with van der Waals surface area (Å²) >= 11 is 0. The summed E-state index contributed by atoms with van der Waals surface area (Å²) in [5, 5.41) is 8.45. The van der Waals surface area contributed by atoms with E-state index in [-0.39, 0.29) is 6.04 Å². The van der Waals surface area contributed by atoms with Crippen molar-refractivity contribution in [3.8, 4) is 5.75 Å². The summed E-state index contributed by atoms with van der Waals surface area (Å²) in [6, 6.07) is 7.95. The molecule has 2 N–H and O–H groups in total. The third-order valence-corrected chi connectivity index (χ3v) is 3.71. The highest BCUT2D eigenvalue weighted by molar-refractivity contribution is 5.28. The van der Waals surface area contributed by atoms with Crippen LogP contribution in [0, 0.1) is 0 Å². The number of fused-ring (bicyclic) bond motifs is 1. The highest BCUT2D eigenvalue weighted by Crippen LogP contribution is 2.18. The summed E-state index contributed by atoms with van der Waals surface area (Å²) in [4.78, 5) is 0. The van der Waals surface area contributed by atoms with Crippen molar-refractivity contribution in [1.82, 2.24) is 14.8 Å². The average molecular weight is 272 g/mol. The molecule has 0 amide bonds. The maximum Gasteiger partial charge on any atom is 0.171 e. The van der Waals surface area contributed by atoms with Gasteiger partial charge in [-0.15, -0.1) is 10.2 Å². The van der Waals surface area contributed by atoms with Crippen molar-refractivity contribution in [2.24, 2.45) is 5.73 Å². The third-order valence-electron chi connectivity index (χ3n) is 3.71. The summed E-state index contributed by atoms with van der Waals surface area (Å²) in [5.74, 6) is 2.83. The lowest BCUT2D eigenvalue weighted by Gasteiger charge is -2.15. The Morgan fingerprint density at radius 2 is 2.05 bits per heavy atom. The molecule has 0 saturated heterocycles. The van der Waals surface area contributed by atoms with Crippen LogP contribution in [0.1, 0.15) is 43.0 Å². The zero-order chi connectivity index (χ0) is 13.9. The Morgan fingerprint density at radius 1 is 1.25 bits per heavy atom. The Balaban J connectivity index is 1.66. The third kappa shape index (κ3) is 2.67. The Bertz CT molecular complexity index is 574. The number of nitrogens with two attached hydrogens (primary N) is 1. The molecule has 20 heavy (non-hydrogen) atoms. The molecule has 1 aromatic heterocycles. The first-order chi connectivity index (χ1) is 9.74. The minimum absolute atomic E-state index is 0.0487. The predicted octanol–water partition coefficient (Wildman–Crippen LogP) is 2.21. The lowest BCUT2D eigenvalue weighted by atomic mass is 10.1. The summed E-state index contributed by atoms with van der Waals surface area (Å²) in [7, 11) is 0. The molecule has 5 heteroatoms. The summed E-state index contributed by atoms with van der Waals surface area (Å²) < 4.78 is 7.97. The lowest BCUT2D eigenvalue weighted by molar-refractivity contribution is 0.286. The van der Waals surface area contributed by atoms with E-state index in [9.17, 15) is 0 Å². The molecule has 2 heterocycles. The number of aromatic nitrogens is 3. The number of ether oxygens (including phenoxy) is 1. The molecular weight excluding hydrogens is 252 g/mol. The number of benzene rings is 1. The Morgan fingerprint density at radius 3 is 2.80 bits per heavy atom. The van der Waals surface area contributed by atoms with Crippen LogP contribution in [0.15, 0.2) is 24.3 Å². The maximum atomic E-state index is 5.83. The quantitative estimate of drug-likeness (QED) is 0.926. The topological polar surface area (TPSA) is 66.0 Å². The van der Waals surface area contributed by atoms with E-state index in [4.69, 9.17) is 10.5 Å². The summed E-state index contributed by atoms with van der Waals surface area (Å²) in [6.45, 7) is 3.44. The molecule has 1 aromatic carbocycles. The molecular formula is C15H20N4O. The molecule has 0 unspecified atom stereocenters. The Hall–Kier alpha value is -1.88. The van der Waals surface area contributed by atoms with Gasteiger partial charge in [-0.2, -0.15) is 0 Å². The SMILES string of the molecule is C[C@@H](N)c1ccc(OCc2nnc3n2CCCC3)cc1. The minimum atomic E-state index is 0.0487. The van der Waals surface area contributed by atoms with Crippen LogP contribution in [0.2, 0.25) is 0 Å². The van der Waals surface area contributed by atoms with Gasteiger partial charge in [-0.3, -0.25) is 0 Å². The van der Waals surface area contributed by atoms with Gasteiger partial charge in [0, 0.05) is 19.0 Å². The summed E-state index contributed by atoms with van der Waals surface area (Å²) in [6.07, 6.45) is 3.43. The van der Waals surface area contributed by atoms with Gasteiger partial charge in [0.15, 0.2) is 5.82 Å². The molecule has 0 saturated carbocycles. The molecule has 3 rings (SSSR count). The van der Waals surface area contributed by atoms with Crippen LogP contribution in [0.3, 0.4) is 0 Å². The van der Waals surface area contributed by atoms with Gasteiger partial charge in [0.1, 0.15) is 18.2 Å². The van der Waals surface area contributed by atoms with Crippen molar-refractivity contribution in [1.29, 1.82) is 0 Å². The van der Waals surface area contributed by atoms with Crippen LogP contribution in [-0.4, -0.2) is 14.8 Å². The second-order valence-corrected chi connectivity index (χ2v) is 5.29. The fourth-order valence-electron chi connectivity index (χ4n) is 2.49. The van der Waals surface area contributed by atoms with Gasteiger partial charge in [-0.05, 0) is 37.5 Å². The van der Waals surface area contributed by atoms with Crippen molar-refractivity contribution in [3.05, 3.63) is 41.5 Å². The number of hydrogen-bond donors (Lipinski definition) is 1. The van der Waals surface area contributed by atoms with E-state index in [1.807, 2.05) is 31.2 Å². The van der Waals surface area contributed by atoms with Crippen LogP contribution < -0.4 is 10.5 Å². The predicted molar refractivity (Wildman–Crippen MR) is 76.3 cm³/mol. The lowest BCUT2D eigenvalue weighted by Crippen LogP contribution is -2.14. The van der Waals surface area contributed by atoms with Crippen molar-refractivity contribution in [2.75, 3.05) is 0 Å². The number of rotatable bonds is 4. The maximum absolute atomic E-state index is 5.83. The van der Waals surface area contributed by atoms with Gasteiger partial charge in [-0.1, -0.05) is 12.1 Å². The van der Waals surface area contributed by atoms with E-state index < -0.39 is 0 Å². The monoisotopic (exact) mass is 272 g/mol. The number of nitrogens with zero attached hydrogens (tertiary/aromatic N) is 3. The van der Waals surface area contributed by atoms with Gasteiger partial charge < -0.3 is 15.0 Å². The zero-order valence-corrected chi connectivity index (χ0v) is 11.7. The normalized spacial score (nSPS) is 15.7. The van der Waals surface area contributed by atoms with Crippen LogP contribution in [-0.2, 0) is 19.6 Å². The molecule has 106 valence electrons. The fourth-order valence-corrected chi connectivity index (χ4v) is 2.49. The molecule has 1 aliphatic rings. The Kier molecular flexibility index (Phi) is 3.69. The first-order valence-electron chi connectivity index (χ1n) is 7.13. The smallest absolute Gasteiger partial charge is 0.171 e. The van der Waals surface area contributed by atoms with E-state index in [2.05, 4.69) is 14.8 Å². The van der Waals surface area contributed by atoms with E-state index >= 15 is 0 Å². The molecule has 0 radical (unpaired) electrons. The van der Waals surface area contributed by atoms with Gasteiger partial charge >= 0.3 is 0 Å². The number of hydrogen-bond acceptors (Lipinski definition) is 4. The molecule has 0 bridgehead atoms. The van der Waals surface area contributed by atoms with Crippen molar-refractivity contribution >= 4 is 0 Å². The first kappa shape index (κ1) is 13.1. The van der Waals surface area contributed by atoms with E-state index in [0.717, 1.165) is 35.9 Å². The van der Waals surface area contributed by atoms with Gasteiger partial charge in [-0.25, -0.2) is 0 Å². The first-order valence-corrected chi connectivity index (χ1v) is 7.13. The molecule has 5 nitrogen and oxygen atoms in total. The molecule has 1 aliphatic heterocycles.